The third kappa shape index (κ3) is 0.955. The smallest absolute Gasteiger partial charge is 0.333 e. The molecule has 2 unspecified atom stereocenters. The van der Waals surface area contributed by atoms with E-state index in [9.17, 15) is 4.79 Å². The Balaban J connectivity index is 2.36. The average molecular weight is 180 g/mol. The number of carbonyl (C=O) groups is 1. The van der Waals surface area contributed by atoms with E-state index in [-0.39, 0.29) is 0 Å². The van der Waals surface area contributed by atoms with Gasteiger partial charge in [-0.3, -0.25) is 4.99 Å². The number of carboxylic acid groups (broad SMARTS) is 1. The van der Waals surface area contributed by atoms with Crippen molar-refractivity contribution in [3.05, 3.63) is 12.3 Å². The van der Waals surface area contributed by atoms with Gasteiger partial charge in [-0.2, -0.15) is 5.10 Å². The van der Waals surface area contributed by atoms with Crippen molar-refractivity contribution in [3.8, 4) is 0 Å². The SMILES string of the molecule is NC1(C(=O)O)C=NN2C=CC=NC21. The van der Waals surface area contributed by atoms with Crippen LogP contribution in [0.2, 0.25) is 0 Å². The van der Waals surface area contributed by atoms with Crippen LogP contribution in [0.1, 0.15) is 0 Å². The third-order valence-electron chi connectivity index (χ3n) is 2.01. The van der Waals surface area contributed by atoms with Gasteiger partial charge in [-0.05, 0) is 6.08 Å². The molecule has 6 heteroatoms. The van der Waals surface area contributed by atoms with Gasteiger partial charge in [0.15, 0.2) is 11.7 Å². The van der Waals surface area contributed by atoms with Crippen molar-refractivity contribution in [2.24, 2.45) is 15.8 Å². The summed E-state index contributed by atoms with van der Waals surface area (Å²) in [6.07, 6.45) is 5.36. The first-order chi connectivity index (χ1) is 6.14. The van der Waals surface area contributed by atoms with Gasteiger partial charge in [-0.1, -0.05) is 0 Å². The van der Waals surface area contributed by atoms with Crippen LogP contribution in [0.3, 0.4) is 0 Å². The Morgan fingerprint density at radius 3 is 3.15 bits per heavy atom. The van der Waals surface area contributed by atoms with Crippen molar-refractivity contribution >= 4 is 18.4 Å². The Morgan fingerprint density at radius 1 is 1.69 bits per heavy atom. The van der Waals surface area contributed by atoms with E-state index in [1.165, 1.54) is 17.4 Å². The van der Waals surface area contributed by atoms with Crippen LogP contribution in [0.4, 0.5) is 0 Å². The molecule has 2 aliphatic heterocycles. The van der Waals surface area contributed by atoms with Gasteiger partial charge in [-0.15, -0.1) is 0 Å². The van der Waals surface area contributed by atoms with E-state index in [0.717, 1.165) is 0 Å². The monoisotopic (exact) mass is 180 g/mol. The minimum absolute atomic E-state index is 0.657. The van der Waals surface area contributed by atoms with Crippen molar-refractivity contribution in [2.75, 3.05) is 0 Å². The summed E-state index contributed by atoms with van der Waals surface area (Å²) < 4.78 is 0. The number of nitrogens with two attached hydrogens (primary N) is 1. The number of carboxylic acids is 1. The minimum Gasteiger partial charge on any atom is -0.479 e. The summed E-state index contributed by atoms with van der Waals surface area (Å²) in [6.45, 7) is 0. The van der Waals surface area contributed by atoms with Gasteiger partial charge in [0.05, 0.1) is 6.21 Å². The van der Waals surface area contributed by atoms with E-state index in [0.29, 0.717) is 0 Å². The molecule has 0 spiro atoms. The lowest BCUT2D eigenvalue weighted by atomic mass is 10.00. The molecule has 68 valence electrons. The molecular formula is C7H8N4O2. The molecule has 2 rings (SSSR count). The van der Waals surface area contributed by atoms with Gasteiger partial charge >= 0.3 is 5.97 Å². The zero-order valence-corrected chi connectivity index (χ0v) is 6.66. The highest BCUT2D eigenvalue weighted by Crippen LogP contribution is 2.23. The summed E-state index contributed by atoms with van der Waals surface area (Å²) >= 11 is 0. The maximum Gasteiger partial charge on any atom is 0.333 e. The highest BCUT2D eigenvalue weighted by Gasteiger charge is 2.48. The van der Waals surface area contributed by atoms with Crippen molar-refractivity contribution in [2.45, 2.75) is 11.7 Å². The number of aliphatic carboxylic acids is 1. The third-order valence-corrected chi connectivity index (χ3v) is 2.01. The number of nitrogens with zero attached hydrogens (tertiary/aromatic N) is 3. The number of hydrogen-bond acceptors (Lipinski definition) is 5. The minimum atomic E-state index is -1.51. The second-order valence-electron chi connectivity index (χ2n) is 2.88. The van der Waals surface area contributed by atoms with Crippen LogP contribution >= 0.6 is 0 Å². The van der Waals surface area contributed by atoms with Crippen LogP contribution in [0, 0.1) is 0 Å². The van der Waals surface area contributed by atoms with E-state index < -0.39 is 17.7 Å². The Labute approximate surface area is 74.0 Å². The van der Waals surface area contributed by atoms with E-state index in [2.05, 4.69) is 10.1 Å². The zero-order chi connectivity index (χ0) is 9.47. The fraction of sp³-hybridized carbons (Fsp3) is 0.286. The molecule has 0 fully saturated rings. The number of rotatable bonds is 1. The lowest BCUT2D eigenvalue weighted by Crippen LogP contribution is -2.58. The Morgan fingerprint density at radius 2 is 2.46 bits per heavy atom. The summed E-state index contributed by atoms with van der Waals surface area (Å²) in [7, 11) is 0. The summed E-state index contributed by atoms with van der Waals surface area (Å²) in [5, 5.41) is 14.1. The predicted octanol–water partition coefficient (Wildman–Crippen LogP) is -1.01. The summed E-state index contributed by atoms with van der Waals surface area (Å²) in [5.74, 6) is -1.13. The first-order valence-electron chi connectivity index (χ1n) is 3.70. The summed E-state index contributed by atoms with van der Waals surface area (Å²) in [5.41, 5.74) is 4.11. The molecule has 0 saturated carbocycles. The molecule has 6 nitrogen and oxygen atoms in total. The first kappa shape index (κ1) is 7.93. The normalized spacial score (nSPS) is 35.2. The number of allylic oxidation sites excluding steroid dienone is 1. The molecule has 0 radical (unpaired) electrons. The number of aliphatic imine (C=N–C) groups is 1. The maximum atomic E-state index is 10.8. The van der Waals surface area contributed by atoms with Crippen molar-refractivity contribution in [1.29, 1.82) is 0 Å². The molecule has 3 N–H and O–H groups in total. The molecule has 0 aromatic rings. The molecular weight excluding hydrogens is 172 g/mol. The topological polar surface area (TPSA) is 91.3 Å². The van der Waals surface area contributed by atoms with E-state index in [1.54, 1.807) is 12.3 Å². The van der Waals surface area contributed by atoms with Gasteiger partial charge in [-0.25, -0.2) is 9.80 Å². The van der Waals surface area contributed by atoms with Crippen LogP contribution in [-0.2, 0) is 4.79 Å². The predicted molar refractivity (Wildman–Crippen MR) is 46.3 cm³/mol. The van der Waals surface area contributed by atoms with Crippen molar-refractivity contribution < 1.29 is 9.90 Å². The number of hydrogen-bond donors (Lipinski definition) is 2. The van der Waals surface area contributed by atoms with E-state index >= 15 is 0 Å². The summed E-state index contributed by atoms with van der Waals surface area (Å²) in [4.78, 5) is 14.8. The standard InChI is InChI=1S/C7H8N4O2/c8-7(6(12)13)4-10-11-3-1-2-9-5(7)11/h1-5H,8H2,(H,12,13). The molecule has 2 atom stereocenters. The lowest BCUT2D eigenvalue weighted by molar-refractivity contribution is -0.141. The van der Waals surface area contributed by atoms with Crippen LogP contribution in [0.15, 0.2) is 22.4 Å². The molecule has 0 aromatic heterocycles. The molecule has 2 heterocycles. The van der Waals surface area contributed by atoms with Crippen LogP contribution < -0.4 is 5.73 Å². The van der Waals surface area contributed by atoms with E-state index in [4.69, 9.17) is 10.8 Å². The van der Waals surface area contributed by atoms with Gasteiger partial charge < -0.3 is 10.8 Å². The average Bonchev–Trinajstić information content (AvgIpc) is 2.47. The van der Waals surface area contributed by atoms with Crippen molar-refractivity contribution in [3.63, 3.8) is 0 Å². The Hall–Kier alpha value is -1.69. The molecule has 0 aliphatic carbocycles. The molecule has 0 bridgehead atoms. The fourth-order valence-corrected chi connectivity index (χ4v) is 1.25. The number of fused-ring (bicyclic) bond motifs is 1. The lowest BCUT2D eigenvalue weighted by Gasteiger charge is -2.26. The van der Waals surface area contributed by atoms with Crippen LogP contribution in [0.5, 0.6) is 0 Å². The molecule has 0 saturated heterocycles. The van der Waals surface area contributed by atoms with Gasteiger partial charge in [0.25, 0.3) is 0 Å². The second-order valence-corrected chi connectivity index (χ2v) is 2.88. The zero-order valence-electron chi connectivity index (χ0n) is 6.66. The van der Waals surface area contributed by atoms with Gasteiger partial charge in [0.2, 0.25) is 0 Å². The second kappa shape index (κ2) is 2.40. The van der Waals surface area contributed by atoms with Crippen molar-refractivity contribution in [1.82, 2.24) is 5.01 Å². The van der Waals surface area contributed by atoms with Crippen LogP contribution in [0.25, 0.3) is 0 Å². The largest absolute Gasteiger partial charge is 0.479 e. The van der Waals surface area contributed by atoms with E-state index in [1.807, 2.05) is 0 Å². The fourth-order valence-electron chi connectivity index (χ4n) is 1.25. The molecule has 0 aromatic carbocycles. The van der Waals surface area contributed by atoms with Gasteiger partial charge in [0.1, 0.15) is 0 Å². The summed E-state index contributed by atoms with van der Waals surface area (Å²) in [6, 6.07) is 0. The van der Waals surface area contributed by atoms with Gasteiger partial charge in [0, 0.05) is 12.4 Å². The Bertz CT molecular complexity index is 335. The quantitative estimate of drug-likeness (QED) is 0.541. The molecule has 0 amide bonds. The molecule has 2 aliphatic rings. The highest BCUT2D eigenvalue weighted by molar-refractivity contribution is 6.01. The maximum absolute atomic E-state index is 10.8. The van der Waals surface area contributed by atoms with Crippen LogP contribution in [-0.4, -0.2) is 40.2 Å². The highest BCUT2D eigenvalue weighted by atomic mass is 16.4. The Kier molecular flexibility index (Phi) is 1.46. The number of hydrazone groups is 1. The molecule has 13 heavy (non-hydrogen) atoms. The first-order valence-corrected chi connectivity index (χ1v) is 3.70.